The van der Waals surface area contributed by atoms with Crippen LogP contribution in [0.2, 0.25) is 0 Å². The molecule has 0 atom stereocenters. The molecule has 0 amide bonds. The molecule has 0 spiro atoms. The minimum absolute atomic E-state index is 1.04. The van der Waals surface area contributed by atoms with Gasteiger partial charge in [-0.05, 0) is 42.5 Å². The number of aryl methyl sites for hydroxylation is 1. The number of rotatable bonds is 0. The van der Waals surface area contributed by atoms with E-state index in [0.717, 1.165) is 9.79 Å². The lowest BCUT2D eigenvalue weighted by Gasteiger charge is -2.03. The molecule has 0 nitrogen and oxygen atoms in total. The van der Waals surface area contributed by atoms with E-state index in [1.807, 2.05) is 6.07 Å². The summed E-state index contributed by atoms with van der Waals surface area (Å²) in [6.07, 6.45) is 3.68. The Bertz CT molecular complexity index is 292. The van der Waals surface area contributed by atoms with Crippen LogP contribution in [0.25, 0.3) is 0 Å². The van der Waals surface area contributed by atoms with Crippen LogP contribution in [0.5, 0.6) is 0 Å². The lowest BCUT2D eigenvalue weighted by Crippen LogP contribution is -1.84. The van der Waals surface area contributed by atoms with Crippen molar-refractivity contribution in [2.45, 2.75) is 29.1 Å². The largest absolute Gasteiger partial charge is 0.143 e. The van der Waals surface area contributed by atoms with Gasteiger partial charge in [0, 0.05) is 9.79 Å². The molecule has 0 unspecified atom stereocenters. The standard InChI is InChI=1S/C9H10S2/c10-7-4-6-2-1-3-8(6)9(11)5-7/h4-5,10-11H,1-3H2. The van der Waals surface area contributed by atoms with Crippen LogP contribution < -0.4 is 0 Å². The first-order valence-corrected chi connectivity index (χ1v) is 4.70. The zero-order valence-corrected chi connectivity index (χ0v) is 7.96. The summed E-state index contributed by atoms with van der Waals surface area (Å²) in [5, 5.41) is 0. The molecule has 11 heavy (non-hydrogen) atoms. The summed E-state index contributed by atoms with van der Waals surface area (Å²) in [7, 11) is 0. The molecular formula is C9H10S2. The number of thiol groups is 2. The van der Waals surface area contributed by atoms with Crippen molar-refractivity contribution in [2.24, 2.45) is 0 Å². The van der Waals surface area contributed by atoms with Gasteiger partial charge in [0.25, 0.3) is 0 Å². The third-order valence-corrected chi connectivity index (χ3v) is 2.83. The van der Waals surface area contributed by atoms with Crippen molar-refractivity contribution in [3.63, 3.8) is 0 Å². The first-order valence-electron chi connectivity index (χ1n) is 3.81. The Morgan fingerprint density at radius 3 is 2.73 bits per heavy atom. The third kappa shape index (κ3) is 1.30. The summed E-state index contributed by atoms with van der Waals surface area (Å²) in [5.41, 5.74) is 2.88. The van der Waals surface area contributed by atoms with Gasteiger partial charge in [0.15, 0.2) is 0 Å². The molecule has 1 aliphatic carbocycles. The normalized spacial score (nSPS) is 15.1. The molecule has 0 aromatic heterocycles. The molecule has 0 bridgehead atoms. The molecule has 1 aromatic rings. The Morgan fingerprint density at radius 2 is 1.91 bits per heavy atom. The van der Waals surface area contributed by atoms with Gasteiger partial charge in [0.1, 0.15) is 0 Å². The first kappa shape index (κ1) is 7.56. The fraction of sp³-hybridized carbons (Fsp3) is 0.333. The SMILES string of the molecule is Sc1cc(S)c2c(c1)CCC2. The summed E-state index contributed by atoms with van der Waals surface area (Å²) >= 11 is 8.71. The predicted octanol–water partition coefficient (Wildman–Crippen LogP) is 2.75. The zero-order chi connectivity index (χ0) is 7.84. The highest BCUT2D eigenvalue weighted by Gasteiger charge is 2.13. The highest BCUT2D eigenvalue weighted by Crippen LogP contribution is 2.30. The molecule has 0 saturated heterocycles. The van der Waals surface area contributed by atoms with Crippen LogP contribution >= 0.6 is 25.3 Å². The van der Waals surface area contributed by atoms with Gasteiger partial charge in [-0.15, -0.1) is 25.3 Å². The van der Waals surface area contributed by atoms with E-state index in [4.69, 9.17) is 0 Å². The fourth-order valence-corrected chi connectivity index (χ4v) is 2.45. The highest BCUT2D eigenvalue weighted by atomic mass is 32.1. The van der Waals surface area contributed by atoms with Crippen LogP contribution in [0.1, 0.15) is 17.5 Å². The minimum atomic E-state index is 1.04. The fourth-order valence-electron chi connectivity index (χ4n) is 1.67. The van der Waals surface area contributed by atoms with Gasteiger partial charge >= 0.3 is 0 Å². The second kappa shape index (κ2) is 2.76. The molecule has 2 heteroatoms. The van der Waals surface area contributed by atoms with Gasteiger partial charge < -0.3 is 0 Å². The van der Waals surface area contributed by atoms with Gasteiger partial charge in [0.2, 0.25) is 0 Å². The van der Waals surface area contributed by atoms with E-state index in [9.17, 15) is 0 Å². The van der Waals surface area contributed by atoms with Gasteiger partial charge in [-0.2, -0.15) is 0 Å². The molecule has 1 aliphatic rings. The topological polar surface area (TPSA) is 0 Å². The second-order valence-corrected chi connectivity index (χ2v) is 3.95. The van der Waals surface area contributed by atoms with Crippen LogP contribution in [0.4, 0.5) is 0 Å². The van der Waals surface area contributed by atoms with Crippen molar-refractivity contribution in [3.8, 4) is 0 Å². The van der Waals surface area contributed by atoms with E-state index in [-0.39, 0.29) is 0 Å². The van der Waals surface area contributed by atoms with Crippen LogP contribution in [-0.2, 0) is 12.8 Å². The lowest BCUT2D eigenvalue weighted by molar-refractivity contribution is 0.906. The van der Waals surface area contributed by atoms with Crippen LogP contribution in [0, 0.1) is 0 Å². The van der Waals surface area contributed by atoms with Crippen LogP contribution in [0.15, 0.2) is 21.9 Å². The highest BCUT2D eigenvalue weighted by molar-refractivity contribution is 7.81. The Morgan fingerprint density at radius 1 is 1.09 bits per heavy atom. The van der Waals surface area contributed by atoms with E-state index < -0.39 is 0 Å². The molecule has 2 rings (SSSR count). The maximum absolute atomic E-state index is 4.41. The van der Waals surface area contributed by atoms with Crippen LogP contribution in [-0.4, -0.2) is 0 Å². The van der Waals surface area contributed by atoms with Gasteiger partial charge in [-0.3, -0.25) is 0 Å². The van der Waals surface area contributed by atoms with E-state index in [0.29, 0.717) is 0 Å². The minimum Gasteiger partial charge on any atom is -0.143 e. The van der Waals surface area contributed by atoms with Crippen molar-refractivity contribution < 1.29 is 0 Å². The maximum Gasteiger partial charge on any atom is 0.00858 e. The molecule has 58 valence electrons. The third-order valence-electron chi connectivity index (χ3n) is 2.18. The molecule has 0 radical (unpaired) electrons. The summed E-state index contributed by atoms with van der Waals surface area (Å²) in [5.74, 6) is 0. The maximum atomic E-state index is 4.41. The molecule has 0 saturated carbocycles. The Hall–Kier alpha value is -0.0800. The molecule has 0 N–H and O–H groups in total. The molecule has 1 aromatic carbocycles. The number of hydrogen-bond donors (Lipinski definition) is 2. The molecular weight excluding hydrogens is 172 g/mol. The summed E-state index contributed by atoms with van der Waals surface area (Å²) in [6.45, 7) is 0. The van der Waals surface area contributed by atoms with Crippen molar-refractivity contribution in [3.05, 3.63) is 23.3 Å². The number of benzene rings is 1. The van der Waals surface area contributed by atoms with Crippen molar-refractivity contribution in [1.82, 2.24) is 0 Å². The Balaban J connectivity index is 2.60. The van der Waals surface area contributed by atoms with Gasteiger partial charge in [0.05, 0.1) is 0 Å². The first-order chi connectivity index (χ1) is 5.27. The van der Waals surface area contributed by atoms with E-state index in [1.165, 1.54) is 30.4 Å². The summed E-state index contributed by atoms with van der Waals surface area (Å²) in [6, 6.07) is 4.18. The summed E-state index contributed by atoms with van der Waals surface area (Å²) in [4.78, 5) is 2.15. The smallest absolute Gasteiger partial charge is 0.00858 e. The van der Waals surface area contributed by atoms with E-state index >= 15 is 0 Å². The lowest BCUT2D eigenvalue weighted by atomic mass is 10.1. The van der Waals surface area contributed by atoms with Crippen molar-refractivity contribution >= 4 is 25.3 Å². The second-order valence-electron chi connectivity index (χ2n) is 2.96. The van der Waals surface area contributed by atoms with Crippen molar-refractivity contribution in [2.75, 3.05) is 0 Å². The van der Waals surface area contributed by atoms with Gasteiger partial charge in [-0.1, -0.05) is 0 Å². The number of hydrogen-bond acceptors (Lipinski definition) is 2. The zero-order valence-electron chi connectivity index (χ0n) is 6.17. The van der Waals surface area contributed by atoms with Gasteiger partial charge in [-0.25, -0.2) is 0 Å². The molecule has 0 fully saturated rings. The average Bonchev–Trinajstić information content (AvgIpc) is 2.34. The monoisotopic (exact) mass is 182 g/mol. The van der Waals surface area contributed by atoms with E-state index in [1.54, 1.807) is 0 Å². The quantitative estimate of drug-likeness (QED) is 0.566. The predicted molar refractivity (Wildman–Crippen MR) is 53.0 cm³/mol. The average molecular weight is 182 g/mol. The Kier molecular flexibility index (Phi) is 1.90. The van der Waals surface area contributed by atoms with Crippen molar-refractivity contribution in [1.29, 1.82) is 0 Å². The van der Waals surface area contributed by atoms with E-state index in [2.05, 4.69) is 31.3 Å². The van der Waals surface area contributed by atoms with Crippen LogP contribution in [0.3, 0.4) is 0 Å². The summed E-state index contributed by atoms with van der Waals surface area (Å²) < 4.78 is 0. The molecule has 0 heterocycles. The molecule has 0 aliphatic heterocycles. The Labute approximate surface area is 77.8 Å². The number of fused-ring (bicyclic) bond motifs is 1.